The molecule has 150 valence electrons. The second kappa shape index (κ2) is 9.68. The molecule has 0 saturated carbocycles. The van der Waals surface area contributed by atoms with E-state index in [1.807, 2.05) is 0 Å². The summed E-state index contributed by atoms with van der Waals surface area (Å²) in [5, 5.41) is 3.31. The van der Waals surface area contributed by atoms with Gasteiger partial charge in [-0.3, -0.25) is 4.79 Å². The first-order valence-electron chi connectivity index (χ1n) is 9.70. The van der Waals surface area contributed by atoms with Gasteiger partial charge < -0.3 is 14.5 Å². The Hall–Kier alpha value is -3.41. The molecule has 0 atom stereocenters. The number of unbranched alkanes of at least 4 members (excludes halogenated alkanes) is 3. The van der Waals surface area contributed by atoms with Gasteiger partial charge in [0.25, 0.3) is 5.91 Å². The van der Waals surface area contributed by atoms with Gasteiger partial charge in [0.15, 0.2) is 0 Å². The van der Waals surface area contributed by atoms with Gasteiger partial charge in [-0.05, 0) is 42.8 Å². The van der Waals surface area contributed by atoms with Crippen LogP contribution in [0.3, 0.4) is 0 Å². The standard InChI is InChI=1S/C23H23NO5/c1-2-3-4-7-14-28-22(26)16-10-12-18(13-11-16)24-21(25)19-15-17-8-5-6-9-20(17)29-23(19)27/h5-6,8-13,15H,2-4,7,14H2,1H3,(H,24,25). The number of rotatable bonds is 8. The largest absolute Gasteiger partial charge is 0.462 e. The minimum atomic E-state index is -0.704. The summed E-state index contributed by atoms with van der Waals surface area (Å²) in [6, 6.07) is 14.8. The summed E-state index contributed by atoms with van der Waals surface area (Å²) < 4.78 is 10.4. The molecule has 0 radical (unpaired) electrons. The van der Waals surface area contributed by atoms with Gasteiger partial charge in [-0.1, -0.05) is 44.4 Å². The Balaban J connectivity index is 1.62. The highest BCUT2D eigenvalue weighted by atomic mass is 16.5. The lowest BCUT2D eigenvalue weighted by Crippen LogP contribution is -2.20. The molecular formula is C23H23NO5. The van der Waals surface area contributed by atoms with Gasteiger partial charge in [0.2, 0.25) is 0 Å². The van der Waals surface area contributed by atoms with Crippen LogP contribution in [-0.4, -0.2) is 18.5 Å². The summed E-state index contributed by atoms with van der Waals surface area (Å²) in [6.45, 7) is 2.52. The topological polar surface area (TPSA) is 85.6 Å². The van der Waals surface area contributed by atoms with E-state index in [0.717, 1.165) is 25.7 Å². The second-order valence-corrected chi connectivity index (χ2v) is 6.71. The highest BCUT2D eigenvalue weighted by Crippen LogP contribution is 2.15. The van der Waals surface area contributed by atoms with Crippen LogP contribution in [0.4, 0.5) is 5.69 Å². The number of para-hydroxylation sites is 1. The van der Waals surface area contributed by atoms with E-state index in [1.54, 1.807) is 48.5 Å². The highest BCUT2D eigenvalue weighted by molar-refractivity contribution is 6.05. The van der Waals surface area contributed by atoms with Crippen LogP contribution in [-0.2, 0) is 4.74 Å². The Labute approximate surface area is 168 Å². The number of hydrogen-bond donors (Lipinski definition) is 1. The van der Waals surface area contributed by atoms with E-state index in [0.29, 0.717) is 28.8 Å². The summed E-state index contributed by atoms with van der Waals surface area (Å²) in [4.78, 5) is 36.6. The first-order valence-corrected chi connectivity index (χ1v) is 9.70. The fraction of sp³-hybridized carbons (Fsp3) is 0.261. The van der Waals surface area contributed by atoms with Crippen LogP contribution in [0.15, 0.2) is 63.8 Å². The molecule has 29 heavy (non-hydrogen) atoms. The smallest absolute Gasteiger partial charge is 0.349 e. The molecule has 1 N–H and O–H groups in total. The van der Waals surface area contributed by atoms with Crippen molar-refractivity contribution < 1.29 is 18.7 Å². The lowest BCUT2D eigenvalue weighted by Gasteiger charge is -2.07. The number of benzene rings is 2. The third-order valence-electron chi connectivity index (χ3n) is 4.50. The van der Waals surface area contributed by atoms with Crippen LogP contribution in [0.5, 0.6) is 0 Å². The number of anilines is 1. The van der Waals surface area contributed by atoms with Crippen LogP contribution in [0.25, 0.3) is 11.0 Å². The fourth-order valence-electron chi connectivity index (χ4n) is 2.89. The molecule has 0 aliphatic rings. The molecule has 1 heterocycles. The van der Waals surface area contributed by atoms with Gasteiger partial charge in [-0.25, -0.2) is 9.59 Å². The summed E-state index contributed by atoms with van der Waals surface area (Å²) >= 11 is 0. The molecule has 1 amide bonds. The molecule has 1 aromatic heterocycles. The van der Waals surface area contributed by atoms with Crippen LogP contribution in [0, 0.1) is 0 Å². The third-order valence-corrected chi connectivity index (χ3v) is 4.50. The van der Waals surface area contributed by atoms with Crippen LogP contribution in [0.1, 0.15) is 53.3 Å². The molecule has 0 saturated heterocycles. The maximum absolute atomic E-state index is 12.5. The van der Waals surface area contributed by atoms with E-state index >= 15 is 0 Å². The Morgan fingerprint density at radius 1 is 1.00 bits per heavy atom. The number of carbonyl (C=O) groups is 2. The van der Waals surface area contributed by atoms with Gasteiger partial charge in [-0.2, -0.15) is 0 Å². The summed E-state index contributed by atoms with van der Waals surface area (Å²) in [5.74, 6) is -0.967. The van der Waals surface area contributed by atoms with Crippen molar-refractivity contribution in [3.05, 3.63) is 76.1 Å². The van der Waals surface area contributed by atoms with Crippen molar-refractivity contribution in [2.45, 2.75) is 32.6 Å². The molecule has 0 spiro atoms. The van der Waals surface area contributed by atoms with Gasteiger partial charge >= 0.3 is 11.6 Å². The predicted octanol–water partition coefficient (Wildman–Crippen LogP) is 4.78. The second-order valence-electron chi connectivity index (χ2n) is 6.71. The maximum atomic E-state index is 12.5. The Kier molecular flexibility index (Phi) is 6.79. The summed E-state index contributed by atoms with van der Waals surface area (Å²) in [5.41, 5.74) is 0.501. The SMILES string of the molecule is CCCCCCOC(=O)c1ccc(NC(=O)c2cc3ccccc3oc2=O)cc1. The van der Waals surface area contributed by atoms with Crippen LogP contribution in [0.2, 0.25) is 0 Å². The molecule has 2 aromatic carbocycles. The molecule has 0 unspecified atom stereocenters. The fourth-order valence-corrected chi connectivity index (χ4v) is 2.89. The van der Waals surface area contributed by atoms with Crippen molar-refractivity contribution in [1.82, 2.24) is 0 Å². The summed E-state index contributed by atoms with van der Waals surface area (Å²) in [7, 11) is 0. The molecule has 0 aliphatic carbocycles. The highest BCUT2D eigenvalue weighted by Gasteiger charge is 2.14. The van der Waals surface area contributed by atoms with E-state index in [2.05, 4.69) is 12.2 Å². The zero-order valence-electron chi connectivity index (χ0n) is 16.3. The van der Waals surface area contributed by atoms with E-state index in [9.17, 15) is 14.4 Å². The number of esters is 1. The number of amides is 1. The lowest BCUT2D eigenvalue weighted by molar-refractivity contribution is 0.0497. The maximum Gasteiger partial charge on any atom is 0.349 e. The quantitative estimate of drug-likeness (QED) is 0.338. The van der Waals surface area contributed by atoms with Crippen molar-refractivity contribution in [1.29, 1.82) is 0 Å². The minimum absolute atomic E-state index is 0.0840. The van der Waals surface area contributed by atoms with E-state index in [1.165, 1.54) is 6.07 Å². The van der Waals surface area contributed by atoms with Gasteiger partial charge in [-0.15, -0.1) is 0 Å². The molecule has 0 bridgehead atoms. The molecule has 3 rings (SSSR count). The van der Waals surface area contributed by atoms with E-state index in [-0.39, 0.29) is 5.56 Å². The predicted molar refractivity (Wildman–Crippen MR) is 111 cm³/mol. The molecule has 6 nitrogen and oxygen atoms in total. The van der Waals surface area contributed by atoms with Crippen LogP contribution >= 0.6 is 0 Å². The van der Waals surface area contributed by atoms with Gasteiger partial charge in [0.1, 0.15) is 11.1 Å². The number of ether oxygens (including phenoxy) is 1. The normalized spacial score (nSPS) is 10.7. The van der Waals surface area contributed by atoms with Crippen molar-refractivity contribution >= 4 is 28.5 Å². The molecule has 3 aromatic rings. The van der Waals surface area contributed by atoms with E-state index < -0.39 is 17.5 Å². The minimum Gasteiger partial charge on any atom is -0.462 e. The average Bonchev–Trinajstić information content (AvgIpc) is 2.73. The van der Waals surface area contributed by atoms with Crippen molar-refractivity contribution in [2.75, 3.05) is 11.9 Å². The molecular weight excluding hydrogens is 370 g/mol. The number of fused-ring (bicyclic) bond motifs is 1. The number of hydrogen-bond acceptors (Lipinski definition) is 5. The Morgan fingerprint density at radius 3 is 2.52 bits per heavy atom. The first-order chi connectivity index (χ1) is 14.1. The molecule has 0 aliphatic heterocycles. The monoisotopic (exact) mass is 393 g/mol. The van der Waals surface area contributed by atoms with Crippen molar-refractivity contribution in [3.8, 4) is 0 Å². The zero-order chi connectivity index (χ0) is 20.6. The lowest BCUT2D eigenvalue weighted by atomic mass is 10.1. The molecule has 6 heteroatoms. The number of nitrogens with one attached hydrogen (secondary N) is 1. The zero-order valence-corrected chi connectivity index (χ0v) is 16.3. The van der Waals surface area contributed by atoms with Crippen molar-refractivity contribution in [2.24, 2.45) is 0 Å². The Morgan fingerprint density at radius 2 is 1.76 bits per heavy atom. The van der Waals surface area contributed by atoms with Crippen LogP contribution < -0.4 is 10.9 Å². The van der Waals surface area contributed by atoms with E-state index in [4.69, 9.17) is 9.15 Å². The first kappa shape index (κ1) is 20.3. The number of carbonyl (C=O) groups excluding carboxylic acids is 2. The van der Waals surface area contributed by atoms with Crippen molar-refractivity contribution in [3.63, 3.8) is 0 Å². The molecule has 0 fully saturated rings. The van der Waals surface area contributed by atoms with Gasteiger partial charge in [0.05, 0.1) is 12.2 Å². The Bertz CT molecular complexity index is 1050. The summed E-state index contributed by atoms with van der Waals surface area (Å²) in [6.07, 6.45) is 4.14. The third kappa shape index (κ3) is 5.31. The average molecular weight is 393 g/mol. The van der Waals surface area contributed by atoms with Gasteiger partial charge in [0, 0.05) is 11.1 Å².